The number of hydrogen-bond donors (Lipinski definition) is 0. The van der Waals surface area contributed by atoms with Crippen molar-refractivity contribution in [1.82, 2.24) is 14.8 Å². The second-order valence-corrected chi connectivity index (χ2v) is 8.02. The molecule has 4 nitrogen and oxygen atoms in total. The maximum absolute atomic E-state index is 5.49. The predicted molar refractivity (Wildman–Crippen MR) is 100 cm³/mol. The molecule has 0 aromatic carbocycles. The first-order valence-corrected chi connectivity index (χ1v) is 9.89. The second-order valence-electron chi connectivity index (χ2n) is 8.02. The molecule has 4 heteroatoms. The van der Waals surface area contributed by atoms with Crippen LogP contribution < -0.4 is 0 Å². The molecule has 0 saturated carbocycles. The quantitative estimate of drug-likeness (QED) is 0.790. The van der Waals surface area contributed by atoms with Gasteiger partial charge in [0.15, 0.2) is 0 Å². The summed E-state index contributed by atoms with van der Waals surface area (Å²) in [5, 5.41) is 0. The van der Waals surface area contributed by atoms with E-state index in [2.05, 4.69) is 52.1 Å². The number of nitrogens with zero attached hydrogens (tertiary/aromatic N) is 3. The standard InChI is InChI=1S/C21H31N3O/c1-18-3-2-4-19(22-18)17-23-11-9-21(10-12-23)7-5-20(6-8-21)24-13-15-25-16-14-24/h2-5,7,20H,6,8-17H2,1H3/t20-/m1/s1. The van der Waals surface area contributed by atoms with Crippen molar-refractivity contribution >= 4 is 0 Å². The second kappa shape index (κ2) is 7.56. The van der Waals surface area contributed by atoms with Crippen LogP contribution in [-0.2, 0) is 11.3 Å². The first-order chi connectivity index (χ1) is 12.2. The summed E-state index contributed by atoms with van der Waals surface area (Å²) in [5.41, 5.74) is 2.79. The van der Waals surface area contributed by atoms with Crippen molar-refractivity contribution in [3.8, 4) is 0 Å². The van der Waals surface area contributed by atoms with Gasteiger partial charge in [-0.15, -0.1) is 0 Å². The zero-order valence-electron chi connectivity index (χ0n) is 15.5. The van der Waals surface area contributed by atoms with Crippen LogP contribution >= 0.6 is 0 Å². The first kappa shape index (κ1) is 17.2. The van der Waals surface area contributed by atoms with Gasteiger partial charge < -0.3 is 4.74 Å². The number of ether oxygens (including phenoxy) is 1. The summed E-state index contributed by atoms with van der Waals surface area (Å²) in [6.07, 6.45) is 10.3. The molecule has 0 unspecified atom stereocenters. The molecule has 0 N–H and O–H groups in total. The minimum absolute atomic E-state index is 0.458. The summed E-state index contributed by atoms with van der Waals surface area (Å²) >= 11 is 0. The van der Waals surface area contributed by atoms with Gasteiger partial charge in [-0.2, -0.15) is 0 Å². The Kier molecular flexibility index (Phi) is 5.20. The van der Waals surface area contributed by atoms with Crippen LogP contribution in [0.4, 0.5) is 0 Å². The van der Waals surface area contributed by atoms with Crippen LogP contribution in [0.1, 0.15) is 37.1 Å². The number of rotatable bonds is 3. The van der Waals surface area contributed by atoms with Crippen LogP contribution in [0.5, 0.6) is 0 Å². The van der Waals surface area contributed by atoms with Gasteiger partial charge >= 0.3 is 0 Å². The Morgan fingerprint density at radius 1 is 1.12 bits per heavy atom. The van der Waals surface area contributed by atoms with Crippen molar-refractivity contribution in [2.75, 3.05) is 39.4 Å². The van der Waals surface area contributed by atoms with Gasteiger partial charge in [-0.25, -0.2) is 0 Å². The van der Waals surface area contributed by atoms with Crippen molar-refractivity contribution in [3.05, 3.63) is 41.7 Å². The summed E-state index contributed by atoms with van der Waals surface area (Å²) in [6.45, 7) is 9.46. The fourth-order valence-corrected chi connectivity index (χ4v) is 4.63. The number of piperidine rings is 1. The van der Waals surface area contributed by atoms with Crippen LogP contribution in [-0.4, -0.2) is 60.2 Å². The molecule has 2 fully saturated rings. The third-order valence-electron chi connectivity index (χ3n) is 6.31. The van der Waals surface area contributed by atoms with E-state index in [4.69, 9.17) is 4.74 Å². The molecule has 1 spiro atoms. The fraction of sp³-hybridized carbons (Fsp3) is 0.667. The third-order valence-corrected chi connectivity index (χ3v) is 6.31. The van der Waals surface area contributed by atoms with Gasteiger partial charge in [0.05, 0.1) is 18.9 Å². The molecule has 1 aliphatic carbocycles. The van der Waals surface area contributed by atoms with Gasteiger partial charge in [0.1, 0.15) is 0 Å². The van der Waals surface area contributed by atoms with Gasteiger partial charge in [-0.05, 0) is 63.2 Å². The van der Waals surface area contributed by atoms with Gasteiger partial charge in [0.25, 0.3) is 0 Å². The Balaban J connectivity index is 1.31. The van der Waals surface area contributed by atoms with Crippen molar-refractivity contribution < 1.29 is 4.74 Å². The van der Waals surface area contributed by atoms with E-state index in [1.165, 1.54) is 44.5 Å². The number of allylic oxidation sites excluding steroid dienone is 1. The molecule has 2 aliphatic heterocycles. The van der Waals surface area contributed by atoms with Crippen LogP contribution in [0.15, 0.2) is 30.4 Å². The average molecular weight is 341 g/mol. The largest absolute Gasteiger partial charge is 0.379 e. The molecule has 1 aromatic rings. The minimum Gasteiger partial charge on any atom is -0.379 e. The van der Waals surface area contributed by atoms with E-state index in [1.807, 2.05) is 0 Å². The summed E-state index contributed by atoms with van der Waals surface area (Å²) in [7, 11) is 0. The Morgan fingerprint density at radius 2 is 1.92 bits per heavy atom. The van der Waals surface area contributed by atoms with E-state index in [0.29, 0.717) is 11.5 Å². The average Bonchev–Trinajstić information content (AvgIpc) is 2.65. The highest BCUT2D eigenvalue weighted by molar-refractivity contribution is 5.13. The number of morpholine rings is 1. The van der Waals surface area contributed by atoms with Gasteiger partial charge in [-0.1, -0.05) is 18.2 Å². The summed E-state index contributed by atoms with van der Waals surface area (Å²) in [6, 6.07) is 7.00. The monoisotopic (exact) mass is 341 g/mol. The lowest BCUT2D eigenvalue weighted by Gasteiger charge is -2.44. The molecule has 3 heterocycles. The predicted octanol–water partition coefficient (Wildman–Crippen LogP) is 3.02. The normalized spacial score (nSPS) is 27.6. The molecule has 1 aromatic heterocycles. The zero-order valence-corrected chi connectivity index (χ0v) is 15.5. The number of aromatic nitrogens is 1. The number of likely N-dealkylation sites (tertiary alicyclic amines) is 1. The highest BCUT2D eigenvalue weighted by Gasteiger charge is 2.36. The van der Waals surface area contributed by atoms with Gasteiger partial charge in [0, 0.05) is 31.4 Å². The Labute approximate surface area is 151 Å². The molecule has 0 bridgehead atoms. The van der Waals surface area contributed by atoms with Crippen LogP contribution in [0, 0.1) is 12.3 Å². The topological polar surface area (TPSA) is 28.6 Å². The molecular weight excluding hydrogens is 310 g/mol. The minimum atomic E-state index is 0.458. The molecule has 0 radical (unpaired) electrons. The van der Waals surface area contributed by atoms with E-state index < -0.39 is 0 Å². The molecule has 136 valence electrons. The van der Waals surface area contributed by atoms with Crippen molar-refractivity contribution in [3.63, 3.8) is 0 Å². The smallest absolute Gasteiger partial charge is 0.0594 e. The van der Waals surface area contributed by atoms with E-state index in [-0.39, 0.29) is 0 Å². The summed E-state index contributed by atoms with van der Waals surface area (Å²) in [5.74, 6) is 0. The van der Waals surface area contributed by atoms with E-state index in [0.717, 1.165) is 38.5 Å². The number of hydrogen-bond acceptors (Lipinski definition) is 4. The Bertz CT molecular complexity index is 601. The van der Waals surface area contributed by atoms with Gasteiger partial charge in [0.2, 0.25) is 0 Å². The van der Waals surface area contributed by atoms with E-state index in [1.54, 1.807) is 0 Å². The molecule has 2 saturated heterocycles. The summed E-state index contributed by atoms with van der Waals surface area (Å²) < 4.78 is 5.49. The van der Waals surface area contributed by atoms with Crippen molar-refractivity contribution in [2.24, 2.45) is 5.41 Å². The number of pyridine rings is 1. The highest BCUT2D eigenvalue weighted by Crippen LogP contribution is 2.41. The van der Waals surface area contributed by atoms with Crippen LogP contribution in [0.25, 0.3) is 0 Å². The lowest BCUT2D eigenvalue weighted by Crippen LogP contribution is -2.46. The maximum atomic E-state index is 5.49. The van der Waals surface area contributed by atoms with Crippen LogP contribution in [0.3, 0.4) is 0 Å². The zero-order chi connectivity index (χ0) is 17.1. The van der Waals surface area contributed by atoms with E-state index in [9.17, 15) is 0 Å². The maximum Gasteiger partial charge on any atom is 0.0594 e. The molecule has 0 amide bonds. The highest BCUT2D eigenvalue weighted by atomic mass is 16.5. The van der Waals surface area contributed by atoms with Gasteiger partial charge in [-0.3, -0.25) is 14.8 Å². The molecule has 4 rings (SSSR count). The lowest BCUT2D eigenvalue weighted by atomic mass is 9.71. The molecular formula is C21H31N3O. The first-order valence-electron chi connectivity index (χ1n) is 9.89. The third kappa shape index (κ3) is 4.13. The van der Waals surface area contributed by atoms with Crippen molar-refractivity contribution in [1.29, 1.82) is 0 Å². The Morgan fingerprint density at radius 3 is 2.60 bits per heavy atom. The summed E-state index contributed by atoms with van der Waals surface area (Å²) in [4.78, 5) is 9.84. The lowest BCUT2D eigenvalue weighted by molar-refractivity contribution is 0.0175. The van der Waals surface area contributed by atoms with E-state index >= 15 is 0 Å². The fourth-order valence-electron chi connectivity index (χ4n) is 4.63. The molecule has 3 aliphatic rings. The number of aryl methyl sites for hydroxylation is 1. The molecule has 25 heavy (non-hydrogen) atoms. The Hall–Kier alpha value is -1.23. The molecule has 1 atom stereocenters. The SMILES string of the molecule is Cc1cccc(CN2CCC3(C=C[C@@H](N4CCOCC4)CC3)CC2)n1. The van der Waals surface area contributed by atoms with Crippen molar-refractivity contribution in [2.45, 2.75) is 45.2 Å². The van der Waals surface area contributed by atoms with Crippen LogP contribution in [0.2, 0.25) is 0 Å².